The lowest BCUT2D eigenvalue weighted by molar-refractivity contribution is 0.668. The number of nitrogens with zero attached hydrogens (tertiary/aromatic N) is 2. The van der Waals surface area contributed by atoms with Gasteiger partial charge in [-0.1, -0.05) is 188 Å². The van der Waals surface area contributed by atoms with Gasteiger partial charge in [0.05, 0.1) is 11.4 Å². The van der Waals surface area contributed by atoms with Crippen LogP contribution in [0.25, 0.3) is 98.8 Å². The Morgan fingerprint density at radius 3 is 1.26 bits per heavy atom. The summed E-state index contributed by atoms with van der Waals surface area (Å²) in [6.07, 6.45) is 0. The molecule has 0 spiro atoms. The van der Waals surface area contributed by atoms with E-state index in [0.717, 1.165) is 100 Å². The van der Waals surface area contributed by atoms with Gasteiger partial charge in [-0.2, -0.15) is 0 Å². The van der Waals surface area contributed by atoms with Crippen molar-refractivity contribution >= 4 is 99.5 Å². The summed E-state index contributed by atoms with van der Waals surface area (Å²) in [7, 11) is 0. The molecule has 4 nitrogen and oxygen atoms in total. The molecule has 72 heavy (non-hydrogen) atoms. The van der Waals surface area contributed by atoms with E-state index in [-0.39, 0.29) is 0 Å². The summed E-state index contributed by atoms with van der Waals surface area (Å²) in [6.45, 7) is 0. The van der Waals surface area contributed by atoms with Gasteiger partial charge in [0, 0.05) is 44.3 Å². The Balaban J connectivity index is 0.897. The zero-order valence-electron chi connectivity index (χ0n) is 39.1. The first-order valence-corrected chi connectivity index (χ1v) is 24.5. The Labute approximate surface area is 416 Å². The fraction of sp³-hybridized carbons (Fsp3) is 0. The monoisotopic (exact) mass is 920 g/mol. The molecule has 4 heteroatoms. The molecule has 14 aromatic rings. The van der Waals surface area contributed by atoms with Crippen molar-refractivity contribution in [3.63, 3.8) is 0 Å². The molecule has 2 heterocycles. The third-order valence-corrected chi connectivity index (χ3v) is 14.2. The molecule has 0 aliphatic carbocycles. The second kappa shape index (κ2) is 17.1. The first kappa shape index (κ1) is 41.3. The molecule has 0 N–H and O–H groups in total. The minimum absolute atomic E-state index is 0.839. The van der Waals surface area contributed by atoms with Crippen molar-refractivity contribution in [2.45, 2.75) is 0 Å². The zero-order chi connectivity index (χ0) is 47.5. The highest BCUT2D eigenvalue weighted by Crippen LogP contribution is 2.46. The van der Waals surface area contributed by atoms with E-state index in [1.54, 1.807) is 0 Å². The van der Waals surface area contributed by atoms with Gasteiger partial charge in [0.25, 0.3) is 0 Å². The molecule has 0 aliphatic rings. The van der Waals surface area contributed by atoms with Crippen molar-refractivity contribution in [1.82, 2.24) is 0 Å². The van der Waals surface area contributed by atoms with E-state index in [0.29, 0.717) is 0 Å². The number of hydrogen-bond acceptors (Lipinski definition) is 4. The molecule has 0 fully saturated rings. The van der Waals surface area contributed by atoms with Gasteiger partial charge in [-0.3, -0.25) is 0 Å². The number of fused-ring (bicyclic) bond motifs is 8. The van der Waals surface area contributed by atoms with Crippen LogP contribution in [0.15, 0.2) is 276 Å². The van der Waals surface area contributed by atoms with Crippen LogP contribution >= 0.6 is 0 Å². The third kappa shape index (κ3) is 7.08. The van der Waals surface area contributed by atoms with Gasteiger partial charge >= 0.3 is 0 Å². The number of rotatable bonds is 9. The molecular formula is C68H44N2O2. The fourth-order valence-electron chi connectivity index (χ4n) is 10.8. The van der Waals surface area contributed by atoms with Gasteiger partial charge in [0.2, 0.25) is 0 Å². The van der Waals surface area contributed by atoms with Crippen molar-refractivity contribution in [2.24, 2.45) is 0 Å². The minimum atomic E-state index is 0.839. The maximum Gasteiger partial charge on any atom is 0.159 e. The molecular weight excluding hydrogens is 877 g/mol. The quantitative estimate of drug-likeness (QED) is 0.144. The van der Waals surface area contributed by atoms with Crippen molar-refractivity contribution in [3.05, 3.63) is 267 Å². The molecule has 14 rings (SSSR count). The van der Waals surface area contributed by atoms with Crippen LogP contribution < -0.4 is 9.80 Å². The average molecular weight is 921 g/mol. The van der Waals surface area contributed by atoms with Gasteiger partial charge in [0.15, 0.2) is 11.2 Å². The summed E-state index contributed by atoms with van der Waals surface area (Å²) >= 11 is 0. The normalized spacial score (nSPS) is 11.6. The Kier molecular flexibility index (Phi) is 9.82. The summed E-state index contributed by atoms with van der Waals surface area (Å²) in [5.74, 6) is 0. The highest BCUT2D eigenvalue weighted by atomic mass is 16.3. The van der Waals surface area contributed by atoms with E-state index < -0.39 is 0 Å². The van der Waals surface area contributed by atoms with Gasteiger partial charge in [-0.15, -0.1) is 0 Å². The maximum absolute atomic E-state index is 6.73. The molecule has 0 bridgehead atoms. The van der Waals surface area contributed by atoms with E-state index in [2.05, 4.69) is 252 Å². The first-order valence-electron chi connectivity index (χ1n) is 24.5. The van der Waals surface area contributed by atoms with Crippen LogP contribution in [0.1, 0.15) is 0 Å². The Bertz CT molecular complexity index is 4350. The molecule has 0 unspecified atom stereocenters. The van der Waals surface area contributed by atoms with Crippen LogP contribution in [0.3, 0.4) is 0 Å². The molecule has 0 radical (unpaired) electrons. The van der Waals surface area contributed by atoms with Crippen LogP contribution in [0.4, 0.5) is 34.1 Å². The van der Waals surface area contributed by atoms with Gasteiger partial charge in [-0.25, -0.2) is 0 Å². The molecule has 0 saturated carbocycles. The number of para-hydroxylation sites is 4. The van der Waals surface area contributed by atoms with Gasteiger partial charge < -0.3 is 18.6 Å². The largest absolute Gasteiger partial charge is 0.454 e. The predicted molar refractivity (Wildman–Crippen MR) is 302 cm³/mol. The fourth-order valence-corrected chi connectivity index (χ4v) is 10.8. The number of hydrogen-bond donors (Lipinski definition) is 0. The Morgan fingerprint density at radius 1 is 0.236 bits per heavy atom. The third-order valence-electron chi connectivity index (χ3n) is 14.2. The number of benzene rings is 12. The van der Waals surface area contributed by atoms with E-state index in [4.69, 9.17) is 8.83 Å². The van der Waals surface area contributed by atoms with Crippen molar-refractivity contribution in [3.8, 4) is 33.4 Å². The summed E-state index contributed by atoms with van der Waals surface area (Å²) in [5, 5.41) is 9.26. The van der Waals surface area contributed by atoms with Gasteiger partial charge in [-0.05, 0) is 134 Å². The average Bonchev–Trinajstić information content (AvgIpc) is 4.03. The minimum Gasteiger partial charge on any atom is -0.454 e. The molecule has 0 saturated heterocycles. The lowest BCUT2D eigenvalue weighted by Crippen LogP contribution is -2.11. The zero-order valence-corrected chi connectivity index (χ0v) is 39.1. The lowest BCUT2D eigenvalue weighted by Gasteiger charge is -2.27. The Morgan fingerprint density at radius 2 is 0.667 bits per heavy atom. The van der Waals surface area contributed by atoms with E-state index >= 15 is 0 Å². The molecule has 2 aromatic heterocycles. The highest BCUT2D eigenvalue weighted by Gasteiger charge is 2.23. The summed E-state index contributed by atoms with van der Waals surface area (Å²) in [5.41, 5.74) is 16.3. The van der Waals surface area contributed by atoms with Crippen LogP contribution in [-0.2, 0) is 0 Å². The number of furan rings is 2. The van der Waals surface area contributed by atoms with Crippen LogP contribution in [0.5, 0.6) is 0 Å². The van der Waals surface area contributed by atoms with Crippen LogP contribution in [0, 0.1) is 0 Å². The lowest BCUT2D eigenvalue weighted by atomic mass is 9.98. The molecule has 338 valence electrons. The second-order valence-electron chi connectivity index (χ2n) is 18.5. The van der Waals surface area contributed by atoms with Crippen molar-refractivity contribution < 1.29 is 8.83 Å². The molecule has 12 aromatic carbocycles. The summed E-state index contributed by atoms with van der Waals surface area (Å²) in [6, 6.07) is 95.4. The van der Waals surface area contributed by atoms with Crippen LogP contribution in [0.2, 0.25) is 0 Å². The van der Waals surface area contributed by atoms with Gasteiger partial charge in [0.1, 0.15) is 11.2 Å². The highest BCUT2D eigenvalue weighted by molar-refractivity contribution is 6.12. The first-order chi connectivity index (χ1) is 35.7. The van der Waals surface area contributed by atoms with Crippen molar-refractivity contribution in [2.75, 3.05) is 9.80 Å². The molecule has 0 amide bonds. The SMILES string of the molecule is c1cc(-c2cccc(N(c3ccc(-c4cccc5ccccc45)cc3)c3cccc4c3oc3ccccc34)c2)cc(N(c2ccc(-c3ccc4ccccc4c3)cc2)c2cccc3c2oc2ccccc23)c1. The standard InChI is InChI=1S/C68H44N2O2/c1-2-16-49-42-52(33-32-45(49)14-1)46-34-38-53(39-35-46)69(63-28-12-26-61-59-23-5-7-30-65(59)71-67(61)63)55-20-9-18-50(43-55)51-19-10-21-56(44-51)70(64-29-13-27-62-60-24-6-8-31-66(60)72-68(62)64)54-40-36-48(37-41-54)58-25-11-17-47-15-3-4-22-57(47)58/h1-44H. The number of anilines is 6. The molecule has 0 aliphatic heterocycles. The van der Waals surface area contributed by atoms with Crippen molar-refractivity contribution in [1.29, 1.82) is 0 Å². The van der Waals surface area contributed by atoms with E-state index in [9.17, 15) is 0 Å². The predicted octanol–water partition coefficient (Wildman–Crippen LogP) is 19.7. The summed E-state index contributed by atoms with van der Waals surface area (Å²) in [4.78, 5) is 4.66. The van der Waals surface area contributed by atoms with Crippen LogP contribution in [-0.4, -0.2) is 0 Å². The topological polar surface area (TPSA) is 32.8 Å². The second-order valence-corrected chi connectivity index (χ2v) is 18.5. The van der Waals surface area contributed by atoms with E-state index in [1.807, 2.05) is 24.3 Å². The summed E-state index contributed by atoms with van der Waals surface area (Å²) < 4.78 is 13.5. The molecule has 0 atom stereocenters. The smallest absolute Gasteiger partial charge is 0.159 e. The Hall–Kier alpha value is -9.64. The maximum atomic E-state index is 6.73. The van der Waals surface area contributed by atoms with E-state index in [1.165, 1.54) is 32.7 Å².